The number of fused-ring (bicyclic) bond motifs is 3. The van der Waals surface area contributed by atoms with Crippen molar-refractivity contribution in [1.82, 2.24) is 4.98 Å². The third-order valence-corrected chi connectivity index (χ3v) is 4.68. The van der Waals surface area contributed by atoms with Gasteiger partial charge in [-0.2, -0.15) is 13.2 Å². The monoisotopic (exact) mass is 334 g/mol. The number of nitrogens with zero attached hydrogens (tertiary/aromatic N) is 3. The first-order valence-corrected chi connectivity index (χ1v) is 7.85. The molecule has 1 fully saturated rings. The number of hydrogen-bond donors (Lipinski definition) is 1. The molecule has 0 radical (unpaired) electrons. The Balaban J connectivity index is 1.72. The van der Waals surface area contributed by atoms with Crippen LogP contribution in [0.5, 0.6) is 0 Å². The third-order valence-electron chi connectivity index (χ3n) is 4.68. The number of benzene rings is 1. The molecule has 2 aliphatic rings. The van der Waals surface area contributed by atoms with Crippen LogP contribution in [0, 0.1) is 0 Å². The molecule has 0 spiro atoms. The Morgan fingerprint density at radius 1 is 1.08 bits per heavy atom. The molecule has 0 aliphatic carbocycles. The van der Waals surface area contributed by atoms with E-state index in [1.165, 1.54) is 12.1 Å². The summed E-state index contributed by atoms with van der Waals surface area (Å²) in [6.45, 7) is 1.45. The zero-order chi connectivity index (χ0) is 16.9. The van der Waals surface area contributed by atoms with Gasteiger partial charge >= 0.3 is 6.18 Å². The zero-order valence-corrected chi connectivity index (χ0v) is 12.9. The maximum Gasteiger partial charge on any atom is 0.416 e. The van der Waals surface area contributed by atoms with Gasteiger partial charge < -0.3 is 15.5 Å². The van der Waals surface area contributed by atoms with Gasteiger partial charge in [0, 0.05) is 31.0 Å². The average Bonchev–Trinajstić information content (AvgIpc) is 2.94. The fourth-order valence-electron chi connectivity index (χ4n) is 3.59. The summed E-state index contributed by atoms with van der Waals surface area (Å²) in [5.74, 6) is 0.849. The molecule has 3 heterocycles. The lowest BCUT2D eigenvalue weighted by atomic mass is 10.1. The molecule has 2 aromatic rings. The first-order valence-electron chi connectivity index (χ1n) is 7.85. The molecule has 2 aliphatic heterocycles. The maximum absolute atomic E-state index is 12.8. The highest BCUT2D eigenvalue weighted by atomic mass is 19.4. The Labute approximate surface area is 137 Å². The number of pyridine rings is 1. The van der Waals surface area contributed by atoms with Crippen LogP contribution in [0.4, 0.5) is 30.4 Å². The van der Waals surface area contributed by atoms with Crippen LogP contribution in [0.15, 0.2) is 42.6 Å². The van der Waals surface area contributed by atoms with Crippen LogP contribution in [0.1, 0.15) is 12.0 Å². The molecule has 2 N–H and O–H groups in total. The summed E-state index contributed by atoms with van der Waals surface area (Å²) in [4.78, 5) is 8.72. The lowest BCUT2D eigenvalue weighted by molar-refractivity contribution is -0.137. The minimum Gasteiger partial charge on any atom is -0.348 e. The first-order chi connectivity index (χ1) is 11.4. The van der Waals surface area contributed by atoms with Gasteiger partial charge in [-0.25, -0.2) is 4.98 Å². The zero-order valence-electron chi connectivity index (χ0n) is 12.9. The highest BCUT2D eigenvalue weighted by Crippen LogP contribution is 2.41. The summed E-state index contributed by atoms with van der Waals surface area (Å²) >= 11 is 0. The molecule has 4 rings (SSSR count). The van der Waals surface area contributed by atoms with Gasteiger partial charge in [0.05, 0.1) is 17.3 Å². The van der Waals surface area contributed by atoms with Gasteiger partial charge in [0.1, 0.15) is 0 Å². The van der Waals surface area contributed by atoms with Gasteiger partial charge in [-0.1, -0.05) is 0 Å². The molecule has 126 valence electrons. The summed E-state index contributed by atoms with van der Waals surface area (Å²) in [5, 5.41) is 0. The Kier molecular flexibility index (Phi) is 3.42. The molecule has 24 heavy (non-hydrogen) atoms. The predicted molar refractivity (Wildman–Crippen MR) is 86.4 cm³/mol. The van der Waals surface area contributed by atoms with E-state index in [0.29, 0.717) is 6.54 Å². The number of rotatable bonds is 1. The maximum atomic E-state index is 12.8. The second kappa shape index (κ2) is 5.37. The molecule has 0 saturated carbocycles. The van der Waals surface area contributed by atoms with Crippen LogP contribution in [0.3, 0.4) is 0 Å². The summed E-state index contributed by atoms with van der Waals surface area (Å²) in [6, 6.07) is 9.39. The lowest BCUT2D eigenvalue weighted by Gasteiger charge is -2.40. The summed E-state index contributed by atoms with van der Waals surface area (Å²) < 4.78 is 38.3. The Hall–Kier alpha value is -2.28. The fraction of sp³-hybridized carbons (Fsp3) is 0.353. The van der Waals surface area contributed by atoms with Crippen LogP contribution in [-0.2, 0) is 6.18 Å². The molecule has 2 atom stereocenters. The molecule has 0 amide bonds. The summed E-state index contributed by atoms with van der Waals surface area (Å²) in [7, 11) is 0. The lowest BCUT2D eigenvalue weighted by Crippen LogP contribution is -2.44. The minimum atomic E-state index is -4.32. The number of nitrogens with two attached hydrogens (primary N) is 1. The number of anilines is 3. The van der Waals surface area contributed by atoms with Crippen molar-refractivity contribution in [3.05, 3.63) is 48.2 Å². The van der Waals surface area contributed by atoms with E-state index in [0.717, 1.165) is 42.3 Å². The van der Waals surface area contributed by atoms with E-state index in [1.807, 2.05) is 17.0 Å². The average molecular weight is 334 g/mol. The second-order valence-electron chi connectivity index (χ2n) is 6.30. The SMILES string of the molecule is NC1C[C@@H]2CN(c3ccc(C(F)(F)F)cc3)c3cccnc3N2C1. The van der Waals surface area contributed by atoms with Gasteiger partial charge in [0.25, 0.3) is 0 Å². The van der Waals surface area contributed by atoms with Crippen molar-refractivity contribution in [2.24, 2.45) is 5.73 Å². The first kappa shape index (κ1) is 15.3. The van der Waals surface area contributed by atoms with Crippen LogP contribution in [0.25, 0.3) is 0 Å². The van der Waals surface area contributed by atoms with Gasteiger partial charge in [-0.05, 0) is 42.8 Å². The van der Waals surface area contributed by atoms with E-state index in [2.05, 4.69) is 9.88 Å². The number of aromatic nitrogens is 1. The summed E-state index contributed by atoms with van der Waals surface area (Å²) in [5.41, 5.74) is 7.09. The Morgan fingerprint density at radius 2 is 1.83 bits per heavy atom. The van der Waals surface area contributed by atoms with Crippen LogP contribution in [-0.4, -0.2) is 30.2 Å². The van der Waals surface area contributed by atoms with Crippen molar-refractivity contribution in [2.45, 2.75) is 24.7 Å². The molecule has 7 heteroatoms. The minimum absolute atomic E-state index is 0.0948. The molecule has 0 bridgehead atoms. The highest BCUT2D eigenvalue weighted by Gasteiger charge is 2.38. The normalized spacial score (nSPS) is 23.2. The van der Waals surface area contributed by atoms with E-state index >= 15 is 0 Å². The highest BCUT2D eigenvalue weighted by molar-refractivity contribution is 5.77. The third kappa shape index (κ3) is 2.49. The van der Waals surface area contributed by atoms with Gasteiger partial charge in [-0.15, -0.1) is 0 Å². The molecular formula is C17H17F3N4. The van der Waals surface area contributed by atoms with Crippen LogP contribution < -0.4 is 15.5 Å². The van der Waals surface area contributed by atoms with Crippen molar-refractivity contribution in [2.75, 3.05) is 22.9 Å². The fourth-order valence-corrected chi connectivity index (χ4v) is 3.59. The Morgan fingerprint density at radius 3 is 2.54 bits per heavy atom. The molecule has 1 aromatic carbocycles. The van der Waals surface area contributed by atoms with E-state index in [9.17, 15) is 13.2 Å². The van der Waals surface area contributed by atoms with Crippen molar-refractivity contribution < 1.29 is 13.2 Å². The van der Waals surface area contributed by atoms with Crippen LogP contribution >= 0.6 is 0 Å². The number of alkyl halides is 3. The van der Waals surface area contributed by atoms with E-state index in [-0.39, 0.29) is 12.1 Å². The van der Waals surface area contributed by atoms with E-state index < -0.39 is 11.7 Å². The van der Waals surface area contributed by atoms with Gasteiger partial charge in [0.2, 0.25) is 0 Å². The van der Waals surface area contributed by atoms with E-state index in [1.54, 1.807) is 6.20 Å². The van der Waals surface area contributed by atoms with Crippen molar-refractivity contribution in [1.29, 1.82) is 0 Å². The molecule has 1 aromatic heterocycles. The van der Waals surface area contributed by atoms with Crippen LogP contribution in [0.2, 0.25) is 0 Å². The summed E-state index contributed by atoms with van der Waals surface area (Å²) in [6.07, 6.45) is -1.74. The van der Waals surface area contributed by atoms with Crippen molar-refractivity contribution in [3.8, 4) is 0 Å². The predicted octanol–water partition coefficient (Wildman–Crippen LogP) is 3.16. The second-order valence-corrected chi connectivity index (χ2v) is 6.30. The molecular weight excluding hydrogens is 317 g/mol. The Bertz CT molecular complexity index is 744. The molecule has 1 saturated heterocycles. The van der Waals surface area contributed by atoms with Crippen molar-refractivity contribution in [3.63, 3.8) is 0 Å². The number of halogens is 3. The van der Waals surface area contributed by atoms with Crippen molar-refractivity contribution >= 4 is 17.2 Å². The molecule has 4 nitrogen and oxygen atoms in total. The van der Waals surface area contributed by atoms with E-state index in [4.69, 9.17) is 5.73 Å². The quantitative estimate of drug-likeness (QED) is 0.870. The topological polar surface area (TPSA) is 45.4 Å². The van der Waals surface area contributed by atoms with Gasteiger partial charge in [0.15, 0.2) is 5.82 Å². The smallest absolute Gasteiger partial charge is 0.348 e. The molecule has 1 unspecified atom stereocenters. The standard InChI is InChI=1S/C17H17F3N4/c18-17(19,20)11-3-5-13(6-4-11)23-10-14-8-12(21)9-24(14)16-15(23)2-1-7-22-16/h1-7,12,14H,8-10,21H2/t12?,14-/m1/s1. The largest absolute Gasteiger partial charge is 0.416 e. The van der Waals surface area contributed by atoms with Gasteiger partial charge in [-0.3, -0.25) is 0 Å². The number of hydrogen-bond acceptors (Lipinski definition) is 4.